The van der Waals surface area contributed by atoms with E-state index in [4.69, 9.17) is 9.84 Å². The minimum Gasteiger partial charge on any atom is -0.493 e. The van der Waals surface area contributed by atoms with Crippen molar-refractivity contribution in [1.82, 2.24) is 9.13 Å². The number of carbonyl (C=O) groups is 1. The molecule has 0 aliphatic rings. The summed E-state index contributed by atoms with van der Waals surface area (Å²) in [6.07, 6.45) is 4.36. The third-order valence-corrected chi connectivity index (χ3v) is 6.49. The number of carboxylic acid groups (broad SMARTS) is 1. The Balaban J connectivity index is 1.31. The first-order chi connectivity index (χ1) is 18.1. The van der Waals surface area contributed by atoms with Crippen LogP contribution in [0.5, 0.6) is 5.75 Å². The third kappa shape index (κ3) is 5.48. The quantitative estimate of drug-likeness (QED) is 0.260. The van der Waals surface area contributed by atoms with E-state index in [1.165, 1.54) is 11.1 Å². The van der Waals surface area contributed by atoms with Crippen molar-refractivity contribution in [2.75, 3.05) is 6.61 Å². The number of aryl methyl sites for hydroxylation is 1. The van der Waals surface area contributed by atoms with Gasteiger partial charge >= 0.3 is 5.97 Å². The van der Waals surface area contributed by atoms with E-state index in [1.54, 1.807) is 21.4 Å². The maximum atomic E-state index is 12.7. The van der Waals surface area contributed by atoms with Gasteiger partial charge in [0.1, 0.15) is 12.3 Å². The lowest BCUT2D eigenvalue weighted by molar-refractivity contribution is -0.137. The van der Waals surface area contributed by atoms with Gasteiger partial charge < -0.3 is 19.0 Å². The summed E-state index contributed by atoms with van der Waals surface area (Å²) in [5.74, 6) is -0.160. The normalized spacial score (nSPS) is 11.2. The molecule has 0 saturated carbocycles. The second kappa shape index (κ2) is 11.0. The fourth-order valence-electron chi connectivity index (χ4n) is 4.79. The van der Waals surface area contributed by atoms with Crippen LogP contribution in [0.3, 0.4) is 0 Å². The molecule has 0 aliphatic heterocycles. The highest BCUT2D eigenvalue weighted by Gasteiger charge is 2.17. The summed E-state index contributed by atoms with van der Waals surface area (Å²) in [6.45, 7) is 0.860. The largest absolute Gasteiger partial charge is 0.493 e. The average molecular weight is 493 g/mol. The fourth-order valence-corrected chi connectivity index (χ4v) is 4.79. The Hall–Kier alpha value is -4.58. The molecule has 0 amide bonds. The molecule has 6 nitrogen and oxygen atoms in total. The third-order valence-electron chi connectivity index (χ3n) is 6.49. The molecule has 37 heavy (non-hydrogen) atoms. The van der Waals surface area contributed by atoms with Crippen LogP contribution in [0.2, 0.25) is 0 Å². The van der Waals surface area contributed by atoms with Crippen molar-refractivity contribution in [3.05, 3.63) is 136 Å². The van der Waals surface area contributed by atoms with Crippen LogP contribution in [0.25, 0.3) is 10.9 Å². The van der Waals surface area contributed by atoms with Crippen LogP contribution >= 0.6 is 0 Å². The molecule has 2 aromatic heterocycles. The molecule has 0 saturated heterocycles. The maximum Gasteiger partial charge on any atom is 0.323 e. The Labute approximate surface area is 215 Å². The minimum atomic E-state index is -0.890. The molecule has 0 fully saturated rings. The maximum absolute atomic E-state index is 12.7. The minimum absolute atomic E-state index is 0.0259. The van der Waals surface area contributed by atoms with E-state index in [1.807, 2.05) is 72.9 Å². The molecule has 0 atom stereocenters. The van der Waals surface area contributed by atoms with Gasteiger partial charge in [-0.05, 0) is 41.3 Å². The molecule has 6 heteroatoms. The molecule has 5 rings (SSSR count). The summed E-state index contributed by atoms with van der Waals surface area (Å²) >= 11 is 0. The number of benzene rings is 3. The fraction of sp³-hybridized carbons (Fsp3) is 0.161. The van der Waals surface area contributed by atoms with Crippen LogP contribution in [0.4, 0.5) is 0 Å². The van der Waals surface area contributed by atoms with Gasteiger partial charge in [-0.1, -0.05) is 72.8 Å². The average Bonchev–Trinajstić information content (AvgIpc) is 3.32. The number of aliphatic carboxylic acids is 1. The zero-order valence-corrected chi connectivity index (χ0v) is 20.4. The summed E-state index contributed by atoms with van der Waals surface area (Å²) in [4.78, 5) is 23.8. The monoisotopic (exact) mass is 492 g/mol. The van der Waals surface area contributed by atoms with E-state index >= 15 is 0 Å². The van der Waals surface area contributed by atoms with Gasteiger partial charge in [0.2, 0.25) is 0 Å². The smallest absolute Gasteiger partial charge is 0.323 e. The summed E-state index contributed by atoms with van der Waals surface area (Å²) in [5, 5.41) is 9.99. The van der Waals surface area contributed by atoms with E-state index in [-0.39, 0.29) is 18.0 Å². The van der Waals surface area contributed by atoms with Crippen LogP contribution in [0, 0.1) is 0 Å². The second-order valence-electron chi connectivity index (χ2n) is 8.98. The lowest BCUT2D eigenvalue weighted by atomic mass is 9.86. The van der Waals surface area contributed by atoms with Crippen LogP contribution < -0.4 is 10.3 Å². The first kappa shape index (κ1) is 24.1. The van der Waals surface area contributed by atoms with Gasteiger partial charge in [0, 0.05) is 36.3 Å². The topological polar surface area (TPSA) is 73.5 Å². The molecule has 186 valence electrons. The Morgan fingerprint density at radius 2 is 1.49 bits per heavy atom. The predicted octanol–water partition coefficient (Wildman–Crippen LogP) is 5.54. The Morgan fingerprint density at radius 3 is 2.16 bits per heavy atom. The molecule has 2 heterocycles. The Morgan fingerprint density at radius 1 is 0.784 bits per heavy atom. The van der Waals surface area contributed by atoms with Gasteiger partial charge in [0.05, 0.1) is 12.1 Å². The number of hydrogen-bond donors (Lipinski definition) is 1. The van der Waals surface area contributed by atoms with E-state index in [0.29, 0.717) is 25.3 Å². The molecule has 0 radical (unpaired) electrons. The first-order valence-corrected chi connectivity index (χ1v) is 12.3. The van der Waals surface area contributed by atoms with E-state index in [0.717, 1.165) is 16.5 Å². The molecule has 1 N–H and O–H groups in total. The van der Waals surface area contributed by atoms with Gasteiger partial charge in [-0.3, -0.25) is 9.59 Å². The molecule has 0 unspecified atom stereocenters. The van der Waals surface area contributed by atoms with Gasteiger partial charge in [-0.15, -0.1) is 0 Å². The summed E-state index contributed by atoms with van der Waals surface area (Å²) in [6, 6.07) is 31.7. The number of nitrogens with zero attached hydrogens (tertiary/aromatic N) is 2. The lowest BCUT2D eigenvalue weighted by Gasteiger charge is -2.20. The van der Waals surface area contributed by atoms with Crippen molar-refractivity contribution in [2.24, 2.45) is 0 Å². The van der Waals surface area contributed by atoms with Gasteiger partial charge in [-0.25, -0.2) is 0 Å². The number of ether oxygens (including phenoxy) is 1. The van der Waals surface area contributed by atoms with Gasteiger partial charge in [-0.2, -0.15) is 0 Å². The molecule has 5 aromatic rings. The number of rotatable bonds is 10. The highest BCUT2D eigenvalue weighted by atomic mass is 16.5. The van der Waals surface area contributed by atoms with Crippen LogP contribution in [0.1, 0.15) is 29.0 Å². The van der Waals surface area contributed by atoms with Crippen molar-refractivity contribution in [3.8, 4) is 5.75 Å². The zero-order valence-electron chi connectivity index (χ0n) is 20.4. The number of hydrogen-bond acceptors (Lipinski definition) is 3. The highest BCUT2D eigenvalue weighted by molar-refractivity contribution is 5.87. The van der Waals surface area contributed by atoms with E-state index in [2.05, 4.69) is 24.3 Å². The highest BCUT2D eigenvalue weighted by Crippen LogP contribution is 2.31. The molecular weight excluding hydrogens is 464 g/mol. The summed E-state index contributed by atoms with van der Waals surface area (Å²) in [7, 11) is 0. The second-order valence-corrected chi connectivity index (χ2v) is 8.98. The first-order valence-electron chi connectivity index (χ1n) is 12.3. The van der Waals surface area contributed by atoms with Crippen molar-refractivity contribution < 1.29 is 14.6 Å². The van der Waals surface area contributed by atoms with Crippen molar-refractivity contribution in [1.29, 1.82) is 0 Å². The number of pyridine rings is 1. The number of aromatic nitrogens is 2. The Bertz CT molecular complexity index is 1520. The SMILES string of the molecule is O=C(O)Cn1ccc2c(OCCCn3cc(C(c4ccccc4)c4ccccc4)ccc3=O)cccc21. The van der Waals surface area contributed by atoms with Crippen LogP contribution in [0.15, 0.2) is 114 Å². The standard InChI is InChI=1S/C31H28N2O4/c34-29-16-15-25(31(23-9-3-1-4-10-23)24-11-5-2-6-12-24)21-33(29)18-8-20-37-28-14-7-13-27-26(28)17-19-32(27)22-30(35)36/h1-7,9-17,19,21,31H,8,18,20,22H2,(H,35,36). The van der Waals surface area contributed by atoms with Crippen molar-refractivity contribution >= 4 is 16.9 Å². The van der Waals surface area contributed by atoms with Crippen LogP contribution in [-0.2, 0) is 17.9 Å². The summed E-state index contributed by atoms with van der Waals surface area (Å²) in [5.41, 5.74) is 4.17. The molecule has 0 bridgehead atoms. The molecule has 3 aromatic carbocycles. The van der Waals surface area contributed by atoms with Crippen LogP contribution in [-0.4, -0.2) is 26.8 Å². The molecule has 0 spiro atoms. The van der Waals surface area contributed by atoms with Crippen molar-refractivity contribution in [3.63, 3.8) is 0 Å². The zero-order chi connectivity index (χ0) is 25.6. The van der Waals surface area contributed by atoms with E-state index in [9.17, 15) is 9.59 Å². The number of carboxylic acids is 1. The Kier molecular flexibility index (Phi) is 7.17. The van der Waals surface area contributed by atoms with Gasteiger partial charge in [0.15, 0.2) is 0 Å². The van der Waals surface area contributed by atoms with Gasteiger partial charge in [0.25, 0.3) is 5.56 Å². The number of fused-ring (bicyclic) bond motifs is 1. The van der Waals surface area contributed by atoms with Crippen molar-refractivity contribution in [2.45, 2.75) is 25.4 Å². The molecular formula is C31H28N2O4. The predicted molar refractivity (Wildman–Crippen MR) is 144 cm³/mol. The summed E-state index contributed by atoms with van der Waals surface area (Å²) < 4.78 is 9.48. The van der Waals surface area contributed by atoms with E-state index < -0.39 is 5.97 Å². The lowest BCUT2D eigenvalue weighted by Crippen LogP contribution is -2.21. The molecule has 0 aliphatic carbocycles.